The van der Waals surface area contributed by atoms with Gasteiger partial charge in [-0.1, -0.05) is 48.5 Å². The fourth-order valence-electron chi connectivity index (χ4n) is 1.93. The molecular weight excluding hydrogens is 214 g/mol. The Morgan fingerprint density at radius 2 is 1.29 bits per heavy atom. The zero-order valence-corrected chi connectivity index (χ0v) is 10.8. The van der Waals surface area contributed by atoms with Gasteiger partial charge in [0, 0.05) is 18.9 Å². The van der Waals surface area contributed by atoms with E-state index in [1.165, 1.54) is 10.8 Å². The van der Waals surface area contributed by atoms with Gasteiger partial charge in [0.1, 0.15) is 0 Å². The Bertz CT molecular complexity index is 650. The van der Waals surface area contributed by atoms with Gasteiger partial charge in [-0.05, 0) is 27.6 Å². The van der Waals surface area contributed by atoms with E-state index in [1.807, 2.05) is 24.3 Å². The molecule has 2 radical (unpaired) electrons. The van der Waals surface area contributed by atoms with Crippen LogP contribution >= 0.6 is 0 Å². The van der Waals surface area contributed by atoms with Crippen LogP contribution in [0.1, 0.15) is 0 Å². The van der Waals surface area contributed by atoms with Crippen LogP contribution in [-0.4, -0.2) is 18.9 Å². The summed E-state index contributed by atoms with van der Waals surface area (Å²) in [6.07, 6.45) is 0. The normalized spacial score (nSPS) is 9.65. The number of hydrogen-bond acceptors (Lipinski definition) is 1. The van der Waals surface area contributed by atoms with E-state index in [0.717, 1.165) is 15.7 Å². The minimum atomic E-state index is 0. The maximum absolute atomic E-state index is 5.33. The second-order valence-corrected chi connectivity index (χ2v) is 3.95. The molecule has 3 rings (SSSR count). The van der Waals surface area contributed by atoms with Gasteiger partial charge in [-0.2, -0.15) is 4.90 Å². The van der Waals surface area contributed by atoms with Crippen LogP contribution in [0.2, 0.25) is 0 Å². The van der Waals surface area contributed by atoms with Crippen molar-refractivity contribution in [3.05, 3.63) is 54.6 Å². The van der Waals surface area contributed by atoms with Gasteiger partial charge in [0.15, 0.2) is 0 Å². The van der Waals surface area contributed by atoms with Gasteiger partial charge in [-0.25, -0.2) is 0 Å². The Balaban J connectivity index is 0.000000722. The van der Waals surface area contributed by atoms with E-state index in [1.54, 1.807) is 0 Å². The third kappa shape index (κ3) is 2.55. The van der Waals surface area contributed by atoms with Crippen LogP contribution < -0.4 is 18.9 Å². The number of benzene rings is 3. The topological polar surface area (TPSA) is 0 Å². The van der Waals surface area contributed by atoms with Gasteiger partial charge in [-0.3, -0.25) is 0 Å². The molecule has 17 heavy (non-hydrogen) atoms. The average Bonchev–Trinajstić information content (AvgIpc) is 2.30. The fraction of sp³-hybridized carbons (Fsp3) is 0. The summed E-state index contributed by atoms with van der Waals surface area (Å²) in [6.45, 7) is 0. The molecule has 0 aliphatic heterocycles. The zero-order chi connectivity index (χ0) is 10.3. The maximum Gasteiger partial charge on any atom is 1.00 e. The standard InChI is InChI=1S/C14H9S.2Li/c15-14-9-10-5-1-2-6-11(10)12-7-3-4-8-13(12)14;;/h1-8,15H;;/q;;+1/p-1. The first-order valence-corrected chi connectivity index (χ1v) is 5.27. The third-order valence-electron chi connectivity index (χ3n) is 2.64. The fourth-order valence-corrected chi connectivity index (χ4v) is 2.22. The molecule has 3 aromatic rings. The van der Waals surface area contributed by atoms with Crippen LogP contribution in [0.25, 0.3) is 21.5 Å². The molecule has 0 N–H and O–H groups in total. The molecule has 0 aliphatic rings. The van der Waals surface area contributed by atoms with E-state index < -0.39 is 0 Å². The van der Waals surface area contributed by atoms with E-state index in [0.29, 0.717) is 0 Å². The van der Waals surface area contributed by atoms with Crippen molar-refractivity contribution < 1.29 is 18.9 Å². The second-order valence-electron chi connectivity index (χ2n) is 3.55. The Labute approximate surface area is 131 Å². The average molecular weight is 222 g/mol. The van der Waals surface area contributed by atoms with Gasteiger partial charge in [-0.15, -0.1) is 0 Å². The van der Waals surface area contributed by atoms with Crippen LogP contribution in [0, 0.1) is 6.07 Å². The zero-order valence-electron chi connectivity index (χ0n) is 10.0. The van der Waals surface area contributed by atoms with E-state index in [-0.39, 0.29) is 37.7 Å². The SMILES string of the molecule is [Li+].[Li].[S-]c1[c]c2ccccc2c2ccccc12. The van der Waals surface area contributed by atoms with Gasteiger partial charge >= 0.3 is 18.9 Å². The molecule has 0 aromatic heterocycles. The molecule has 3 aromatic carbocycles. The first-order valence-electron chi connectivity index (χ1n) is 4.86. The van der Waals surface area contributed by atoms with Crippen molar-refractivity contribution in [3.63, 3.8) is 0 Å². The first-order chi connectivity index (χ1) is 7.36. The summed E-state index contributed by atoms with van der Waals surface area (Å²) in [7, 11) is 0. The molecule has 0 saturated heterocycles. The summed E-state index contributed by atoms with van der Waals surface area (Å²) in [6, 6.07) is 19.7. The van der Waals surface area contributed by atoms with Crippen molar-refractivity contribution in [1.82, 2.24) is 0 Å². The van der Waals surface area contributed by atoms with Gasteiger partial charge < -0.3 is 12.6 Å². The van der Waals surface area contributed by atoms with Crippen LogP contribution in [-0.2, 0) is 12.6 Å². The predicted molar refractivity (Wildman–Crippen MR) is 71.7 cm³/mol. The molecule has 0 heterocycles. The van der Waals surface area contributed by atoms with Crippen LogP contribution in [0.3, 0.4) is 0 Å². The summed E-state index contributed by atoms with van der Waals surface area (Å²) >= 11 is 5.33. The monoisotopic (exact) mass is 222 g/mol. The number of hydrogen-bond donors (Lipinski definition) is 0. The minimum Gasteiger partial charge on any atom is -0.778 e. The third-order valence-corrected chi connectivity index (χ3v) is 2.96. The molecule has 3 heteroatoms. The molecule has 0 aliphatic carbocycles. The number of fused-ring (bicyclic) bond motifs is 3. The molecule has 0 amide bonds. The molecule has 0 unspecified atom stereocenters. The summed E-state index contributed by atoms with van der Waals surface area (Å²) in [4.78, 5) is 0.810. The van der Waals surface area contributed by atoms with Crippen LogP contribution in [0.4, 0.5) is 0 Å². The molecule has 0 spiro atoms. The van der Waals surface area contributed by atoms with Crippen molar-refractivity contribution in [2.24, 2.45) is 0 Å². The Hall–Kier alpha value is -0.405. The van der Waals surface area contributed by atoms with Gasteiger partial charge in [0.05, 0.1) is 0 Å². The molecule has 0 saturated carbocycles. The largest absolute Gasteiger partial charge is 1.00 e. The van der Waals surface area contributed by atoms with Gasteiger partial charge in [0.25, 0.3) is 0 Å². The molecule has 0 nitrogen and oxygen atoms in total. The molecule has 0 fully saturated rings. The van der Waals surface area contributed by atoms with Crippen molar-refractivity contribution in [3.8, 4) is 0 Å². The van der Waals surface area contributed by atoms with E-state index in [4.69, 9.17) is 12.6 Å². The van der Waals surface area contributed by atoms with Gasteiger partial charge in [0.2, 0.25) is 0 Å². The molecule has 0 bridgehead atoms. The number of rotatable bonds is 0. The van der Waals surface area contributed by atoms with Crippen LogP contribution in [0.15, 0.2) is 53.4 Å². The predicted octanol–water partition coefficient (Wildman–Crippen LogP) is 0.322. The Morgan fingerprint density at radius 3 is 2.00 bits per heavy atom. The van der Waals surface area contributed by atoms with Crippen LogP contribution in [0.5, 0.6) is 0 Å². The van der Waals surface area contributed by atoms with E-state index in [2.05, 4.69) is 30.3 Å². The smallest absolute Gasteiger partial charge is 0.778 e. The van der Waals surface area contributed by atoms with E-state index in [9.17, 15) is 0 Å². The summed E-state index contributed by atoms with van der Waals surface area (Å²) in [5.41, 5.74) is 0. The Morgan fingerprint density at radius 1 is 0.765 bits per heavy atom. The van der Waals surface area contributed by atoms with Crippen molar-refractivity contribution in [2.75, 3.05) is 0 Å². The van der Waals surface area contributed by atoms with E-state index >= 15 is 0 Å². The molecule has 72 valence electrons. The summed E-state index contributed by atoms with van der Waals surface area (Å²) in [5.74, 6) is 0. The summed E-state index contributed by atoms with van der Waals surface area (Å²) < 4.78 is 0. The first kappa shape index (κ1) is 14.7. The molecular formula is C14H8Li2S. The summed E-state index contributed by atoms with van der Waals surface area (Å²) in [5, 5.41) is 4.66. The van der Waals surface area contributed by atoms with Crippen molar-refractivity contribution in [1.29, 1.82) is 0 Å². The molecule has 0 atom stereocenters. The maximum atomic E-state index is 5.33. The Kier molecular flexibility index (Phi) is 5.14. The quantitative estimate of drug-likeness (QED) is 0.300. The van der Waals surface area contributed by atoms with Crippen molar-refractivity contribution >= 4 is 53.0 Å². The minimum absolute atomic E-state index is 0. The van der Waals surface area contributed by atoms with Crippen molar-refractivity contribution in [2.45, 2.75) is 4.90 Å². The second kappa shape index (κ2) is 5.97.